The van der Waals surface area contributed by atoms with Gasteiger partial charge in [0.25, 0.3) is 0 Å². The van der Waals surface area contributed by atoms with E-state index in [0.717, 1.165) is 69.6 Å². The Hall–Kier alpha value is -1.59. The molecule has 0 aliphatic rings. The van der Waals surface area contributed by atoms with E-state index in [9.17, 15) is 14.4 Å². The molecule has 0 amide bonds. The standard InChI is InChI=1S/C47H90O6/c1-6-9-10-11-20-27-32-37-45(48)51-40-44(41-52-46(49)38-33-28-24-23-26-31-36-43(5)8-3)53-47(50)39-34-29-22-19-17-15-13-12-14-16-18-21-25-30-35-42(4)7-2/h42-44H,6-41H2,1-5H3/t42?,43?,44-/m1/s1. The lowest BCUT2D eigenvalue weighted by molar-refractivity contribution is -0.167. The minimum Gasteiger partial charge on any atom is -0.462 e. The molecule has 0 saturated carbocycles. The van der Waals surface area contributed by atoms with Gasteiger partial charge in [-0.1, -0.05) is 214 Å². The van der Waals surface area contributed by atoms with Gasteiger partial charge in [0.2, 0.25) is 0 Å². The van der Waals surface area contributed by atoms with Gasteiger partial charge in [0.05, 0.1) is 0 Å². The third kappa shape index (κ3) is 38.5. The molecule has 0 aromatic carbocycles. The quantitative estimate of drug-likeness (QED) is 0.0352. The summed E-state index contributed by atoms with van der Waals surface area (Å²) in [6.45, 7) is 11.3. The van der Waals surface area contributed by atoms with Gasteiger partial charge in [0.1, 0.15) is 13.2 Å². The molecule has 0 saturated heterocycles. The van der Waals surface area contributed by atoms with Crippen LogP contribution >= 0.6 is 0 Å². The average Bonchev–Trinajstić information content (AvgIpc) is 3.15. The van der Waals surface area contributed by atoms with E-state index in [-0.39, 0.29) is 31.1 Å². The van der Waals surface area contributed by atoms with Crippen molar-refractivity contribution in [1.29, 1.82) is 0 Å². The van der Waals surface area contributed by atoms with E-state index in [2.05, 4.69) is 34.6 Å². The first-order valence-electron chi connectivity index (χ1n) is 23.3. The molecule has 0 aromatic heterocycles. The molecule has 0 spiro atoms. The lowest BCUT2D eigenvalue weighted by Crippen LogP contribution is -2.30. The van der Waals surface area contributed by atoms with Crippen LogP contribution in [0.2, 0.25) is 0 Å². The van der Waals surface area contributed by atoms with Gasteiger partial charge in [-0.2, -0.15) is 0 Å². The van der Waals surface area contributed by atoms with E-state index in [1.54, 1.807) is 0 Å². The predicted octanol–water partition coefficient (Wildman–Crippen LogP) is 14.6. The molecule has 0 aliphatic heterocycles. The highest BCUT2D eigenvalue weighted by atomic mass is 16.6. The zero-order chi connectivity index (χ0) is 39.0. The van der Waals surface area contributed by atoms with Crippen LogP contribution in [0.1, 0.15) is 253 Å². The molecule has 0 fully saturated rings. The van der Waals surface area contributed by atoms with Crippen LogP contribution in [0.15, 0.2) is 0 Å². The molecule has 6 nitrogen and oxygen atoms in total. The van der Waals surface area contributed by atoms with Crippen LogP contribution in [-0.2, 0) is 28.6 Å². The maximum absolute atomic E-state index is 12.7. The van der Waals surface area contributed by atoms with Crippen LogP contribution in [0.4, 0.5) is 0 Å². The Morgan fingerprint density at radius 2 is 0.660 bits per heavy atom. The van der Waals surface area contributed by atoms with Gasteiger partial charge in [-0.05, 0) is 31.1 Å². The van der Waals surface area contributed by atoms with Gasteiger partial charge in [-0.3, -0.25) is 14.4 Å². The van der Waals surface area contributed by atoms with Crippen LogP contribution in [0.3, 0.4) is 0 Å². The molecule has 0 heterocycles. The summed E-state index contributed by atoms with van der Waals surface area (Å²) in [7, 11) is 0. The van der Waals surface area contributed by atoms with Crippen molar-refractivity contribution in [1.82, 2.24) is 0 Å². The van der Waals surface area contributed by atoms with Crippen LogP contribution < -0.4 is 0 Å². The summed E-state index contributed by atoms with van der Waals surface area (Å²) in [5.74, 6) is 0.844. The molecular formula is C47H90O6. The number of rotatable bonds is 41. The topological polar surface area (TPSA) is 78.9 Å². The molecule has 3 atom stereocenters. The smallest absolute Gasteiger partial charge is 0.306 e. The molecule has 314 valence electrons. The lowest BCUT2D eigenvalue weighted by atomic mass is 9.99. The first-order valence-corrected chi connectivity index (χ1v) is 23.3. The van der Waals surface area contributed by atoms with Gasteiger partial charge < -0.3 is 14.2 Å². The fraction of sp³-hybridized carbons (Fsp3) is 0.936. The molecule has 0 aliphatic carbocycles. The first kappa shape index (κ1) is 51.4. The van der Waals surface area contributed by atoms with E-state index in [1.807, 2.05) is 0 Å². The van der Waals surface area contributed by atoms with Crippen molar-refractivity contribution in [3.8, 4) is 0 Å². The maximum atomic E-state index is 12.7. The Morgan fingerprint density at radius 1 is 0.377 bits per heavy atom. The zero-order valence-electron chi connectivity index (χ0n) is 36.1. The summed E-state index contributed by atoms with van der Waals surface area (Å²) >= 11 is 0. The monoisotopic (exact) mass is 751 g/mol. The second-order valence-electron chi connectivity index (χ2n) is 16.5. The first-order chi connectivity index (χ1) is 25.8. The highest BCUT2D eigenvalue weighted by Crippen LogP contribution is 2.18. The fourth-order valence-corrected chi connectivity index (χ4v) is 6.86. The van der Waals surface area contributed by atoms with Gasteiger partial charge in [-0.25, -0.2) is 0 Å². The van der Waals surface area contributed by atoms with Crippen molar-refractivity contribution < 1.29 is 28.6 Å². The van der Waals surface area contributed by atoms with Crippen LogP contribution in [-0.4, -0.2) is 37.2 Å². The molecule has 0 bridgehead atoms. The van der Waals surface area contributed by atoms with Crippen LogP contribution in [0.25, 0.3) is 0 Å². The average molecular weight is 751 g/mol. The Morgan fingerprint density at radius 3 is 0.981 bits per heavy atom. The Labute approximate surface area is 329 Å². The van der Waals surface area contributed by atoms with E-state index >= 15 is 0 Å². The lowest BCUT2D eigenvalue weighted by Gasteiger charge is -2.18. The van der Waals surface area contributed by atoms with Gasteiger partial charge in [-0.15, -0.1) is 0 Å². The predicted molar refractivity (Wildman–Crippen MR) is 224 cm³/mol. The molecule has 53 heavy (non-hydrogen) atoms. The normalized spacial score (nSPS) is 13.1. The van der Waals surface area contributed by atoms with Crippen molar-refractivity contribution in [2.24, 2.45) is 11.8 Å². The van der Waals surface area contributed by atoms with Crippen LogP contribution in [0, 0.1) is 11.8 Å². The molecule has 0 rings (SSSR count). The number of esters is 3. The summed E-state index contributed by atoms with van der Waals surface area (Å²) in [4.78, 5) is 37.6. The Kier molecular flexibility index (Phi) is 38.9. The molecule has 2 unspecified atom stereocenters. The number of hydrogen-bond donors (Lipinski definition) is 0. The van der Waals surface area contributed by atoms with Crippen molar-refractivity contribution in [2.75, 3.05) is 13.2 Å². The summed E-state index contributed by atoms with van der Waals surface area (Å²) in [5, 5.41) is 0. The SMILES string of the molecule is CCCCCCCCCC(=O)OC[C@H](COC(=O)CCCCCCCCC(C)CC)OC(=O)CCCCCCCCCCCCCCCCC(C)CC. The third-order valence-electron chi connectivity index (χ3n) is 11.2. The van der Waals surface area contributed by atoms with Gasteiger partial charge >= 0.3 is 17.9 Å². The summed E-state index contributed by atoms with van der Waals surface area (Å²) in [6, 6.07) is 0. The highest BCUT2D eigenvalue weighted by molar-refractivity contribution is 5.71. The number of hydrogen-bond acceptors (Lipinski definition) is 6. The molecule has 6 heteroatoms. The van der Waals surface area contributed by atoms with Gasteiger partial charge in [0, 0.05) is 19.3 Å². The summed E-state index contributed by atoms with van der Waals surface area (Å²) < 4.78 is 16.7. The largest absolute Gasteiger partial charge is 0.462 e. The molecular weight excluding hydrogens is 661 g/mol. The second kappa shape index (κ2) is 40.1. The highest BCUT2D eigenvalue weighted by Gasteiger charge is 2.19. The maximum Gasteiger partial charge on any atom is 0.306 e. The molecule has 0 aromatic rings. The Balaban J connectivity index is 4.23. The number of carbonyl (C=O) groups is 3. The second-order valence-corrected chi connectivity index (χ2v) is 16.5. The zero-order valence-corrected chi connectivity index (χ0v) is 36.1. The van der Waals surface area contributed by atoms with Crippen molar-refractivity contribution in [3.63, 3.8) is 0 Å². The fourth-order valence-electron chi connectivity index (χ4n) is 6.86. The Bertz CT molecular complexity index is 813. The van der Waals surface area contributed by atoms with E-state index in [4.69, 9.17) is 14.2 Å². The number of ether oxygens (including phenoxy) is 3. The van der Waals surface area contributed by atoms with Crippen molar-refractivity contribution in [2.45, 2.75) is 259 Å². The van der Waals surface area contributed by atoms with Gasteiger partial charge in [0.15, 0.2) is 6.10 Å². The number of unbranched alkanes of at least 4 members (excludes halogenated alkanes) is 24. The summed E-state index contributed by atoms with van der Waals surface area (Å²) in [5.41, 5.74) is 0. The minimum atomic E-state index is -0.760. The van der Waals surface area contributed by atoms with Crippen molar-refractivity contribution in [3.05, 3.63) is 0 Å². The van der Waals surface area contributed by atoms with E-state index in [1.165, 1.54) is 141 Å². The molecule has 0 N–H and O–H groups in total. The number of carbonyl (C=O) groups excluding carboxylic acids is 3. The molecule has 0 radical (unpaired) electrons. The van der Waals surface area contributed by atoms with E-state index in [0.29, 0.717) is 19.3 Å². The summed E-state index contributed by atoms with van der Waals surface area (Å²) in [6.07, 6.45) is 38.1. The van der Waals surface area contributed by atoms with Crippen LogP contribution in [0.5, 0.6) is 0 Å². The minimum absolute atomic E-state index is 0.0661. The third-order valence-corrected chi connectivity index (χ3v) is 11.2. The van der Waals surface area contributed by atoms with E-state index < -0.39 is 6.10 Å². The van der Waals surface area contributed by atoms with Crippen molar-refractivity contribution >= 4 is 17.9 Å².